The zero-order chi connectivity index (χ0) is 19.7. The molecule has 0 spiro atoms. The summed E-state index contributed by atoms with van der Waals surface area (Å²) in [7, 11) is 1.59. The van der Waals surface area contributed by atoms with Crippen LogP contribution in [-0.4, -0.2) is 57.8 Å². The van der Waals surface area contributed by atoms with Gasteiger partial charge < -0.3 is 14.5 Å². The predicted octanol–water partition coefficient (Wildman–Crippen LogP) is 1.81. The summed E-state index contributed by atoms with van der Waals surface area (Å²) in [6, 6.07) is 6.97. The fraction of sp³-hybridized carbons (Fsp3) is 0.389. The van der Waals surface area contributed by atoms with Crippen molar-refractivity contribution in [1.29, 1.82) is 0 Å². The van der Waals surface area contributed by atoms with Crippen molar-refractivity contribution < 1.29 is 9.66 Å². The Morgan fingerprint density at radius 3 is 2.64 bits per heavy atom. The van der Waals surface area contributed by atoms with Crippen molar-refractivity contribution in [3.05, 3.63) is 52.0 Å². The van der Waals surface area contributed by atoms with E-state index in [1.807, 2.05) is 19.1 Å². The van der Waals surface area contributed by atoms with E-state index in [1.54, 1.807) is 23.8 Å². The summed E-state index contributed by atoms with van der Waals surface area (Å²) >= 11 is 0. The first-order chi connectivity index (χ1) is 13.6. The molecule has 1 aromatic carbocycles. The van der Waals surface area contributed by atoms with Gasteiger partial charge in [0.15, 0.2) is 0 Å². The van der Waals surface area contributed by atoms with Crippen molar-refractivity contribution in [2.75, 3.05) is 43.1 Å². The highest BCUT2D eigenvalue weighted by Crippen LogP contribution is 2.28. The maximum Gasteiger partial charge on any atom is 0.269 e. The molecule has 1 aliphatic rings. The van der Waals surface area contributed by atoms with Crippen molar-refractivity contribution in [1.82, 2.24) is 19.6 Å². The average molecular weight is 383 g/mol. The molecule has 0 bridgehead atoms. The van der Waals surface area contributed by atoms with Crippen molar-refractivity contribution >= 4 is 23.0 Å². The molecule has 10 nitrogen and oxygen atoms in total. The number of rotatable bonds is 5. The summed E-state index contributed by atoms with van der Waals surface area (Å²) in [6.45, 7) is 5.44. The Labute approximate surface area is 161 Å². The molecule has 0 aliphatic carbocycles. The molecule has 0 amide bonds. The van der Waals surface area contributed by atoms with Crippen LogP contribution in [0.3, 0.4) is 0 Å². The van der Waals surface area contributed by atoms with E-state index in [2.05, 4.69) is 24.9 Å². The Bertz CT molecular complexity index is 1010. The summed E-state index contributed by atoms with van der Waals surface area (Å²) in [5.74, 6) is 1.57. The third-order valence-corrected chi connectivity index (χ3v) is 4.88. The van der Waals surface area contributed by atoms with Gasteiger partial charge in [-0.25, -0.2) is 4.98 Å². The second kappa shape index (κ2) is 7.39. The number of fused-ring (bicyclic) bond motifs is 1. The lowest BCUT2D eigenvalue weighted by Crippen LogP contribution is -2.47. The third kappa shape index (κ3) is 3.33. The van der Waals surface area contributed by atoms with Crippen LogP contribution in [0.2, 0.25) is 0 Å². The van der Waals surface area contributed by atoms with E-state index < -0.39 is 0 Å². The fourth-order valence-corrected chi connectivity index (χ4v) is 3.58. The Kier molecular flexibility index (Phi) is 4.78. The minimum Gasteiger partial charge on any atom is -0.380 e. The van der Waals surface area contributed by atoms with Crippen molar-refractivity contribution in [3.8, 4) is 0 Å². The van der Waals surface area contributed by atoms with Gasteiger partial charge >= 0.3 is 0 Å². The normalized spacial score (nSPS) is 14.6. The van der Waals surface area contributed by atoms with Crippen molar-refractivity contribution in [3.63, 3.8) is 0 Å². The third-order valence-electron chi connectivity index (χ3n) is 4.88. The van der Waals surface area contributed by atoms with E-state index >= 15 is 0 Å². The average Bonchev–Trinajstić information content (AvgIpc) is 3.16. The van der Waals surface area contributed by atoms with Gasteiger partial charge in [0.1, 0.15) is 12.1 Å². The summed E-state index contributed by atoms with van der Waals surface area (Å²) in [6.07, 6.45) is 1.51. The zero-order valence-electron chi connectivity index (χ0n) is 15.8. The molecule has 2 aromatic heterocycles. The van der Waals surface area contributed by atoms with Gasteiger partial charge in [-0.1, -0.05) is 0 Å². The van der Waals surface area contributed by atoms with Crippen LogP contribution in [-0.2, 0) is 11.3 Å². The lowest BCUT2D eigenvalue weighted by molar-refractivity contribution is -0.384. The fourth-order valence-electron chi connectivity index (χ4n) is 3.58. The first-order valence-electron chi connectivity index (χ1n) is 9.00. The zero-order valence-corrected chi connectivity index (χ0v) is 15.8. The molecule has 1 aliphatic heterocycles. The number of ether oxygens (including phenoxy) is 1. The second-order valence-corrected chi connectivity index (χ2v) is 6.70. The number of nitro groups is 1. The van der Waals surface area contributed by atoms with Crippen molar-refractivity contribution in [2.45, 2.75) is 13.5 Å². The van der Waals surface area contributed by atoms with E-state index in [1.165, 1.54) is 6.33 Å². The standard InChI is InChI=1S/C18H21N7O3/c1-13-9-17(24-18(21-13)19-12-20-24)23-7-5-22(6-8-23)16-4-3-15(25(26)27)10-14(16)11-28-2/h3-4,9-10,12H,5-8,11H2,1-2H3. The molecule has 146 valence electrons. The molecule has 3 heterocycles. The second-order valence-electron chi connectivity index (χ2n) is 6.70. The van der Waals surface area contributed by atoms with E-state index in [0.29, 0.717) is 12.4 Å². The van der Waals surface area contributed by atoms with Crippen molar-refractivity contribution in [2.24, 2.45) is 0 Å². The quantitative estimate of drug-likeness (QED) is 0.486. The number of hydrogen-bond donors (Lipinski definition) is 0. The largest absolute Gasteiger partial charge is 0.380 e. The Balaban J connectivity index is 1.55. The summed E-state index contributed by atoms with van der Waals surface area (Å²) in [5.41, 5.74) is 2.78. The monoisotopic (exact) mass is 383 g/mol. The molecule has 0 unspecified atom stereocenters. The first-order valence-corrected chi connectivity index (χ1v) is 9.00. The number of non-ortho nitro benzene ring substituents is 1. The SMILES string of the molecule is COCc1cc([N+](=O)[O-])ccc1N1CCN(c2cc(C)nc3ncnn23)CC1. The van der Waals surface area contributed by atoms with Gasteiger partial charge in [-0.05, 0) is 13.0 Å². The number of hydrogen-bond acceptors (Lipinski definition) is 8. The predicted molar refractivity (Wildman–Crippen MR) is 104 cm³/mol. The highest BCUT2D eigenvalue weighted by molar-refractivity contribution is 5.59. The molecular formula is C18H21N7O3. The van der Waals surface area contributed by atoms with E-state index in [0.717, 1.165) is 48.9 Å². The molecule has 0 atom stereocenters. The molecule has 0 saturated carbocycles. The van der Waals surface area contributed by atoms with Gasteiger partial charge in [-0.3, -0.25) is 10.1 Å². The van der Waals surface area contributed by atoms with Crippen LogP contribution < -0.4 is 9.80 Å². The molecular weight excluding hydrogens is 362 g/mol. The van der Waals surface area contributed by atoms with Crippen LogP contribution in [0.4, 0.5) is 17.2 Å². The number of benzene rings is 1. The molecule has 1 fully saturated rings. The number of piperazine rings is 1. The van der Waals surface area contributed by atoms with Gasteiger partial charge in [0.25, 0.3) is 11.5 Å². The number of aryl methyl sites for hydroxylation is 1. The summed E-state index contributed by atoms with van der Waals surface area (Å²) in [5, 5.41) is 15.4. The maximum absolute atomic E-state index is 11.1. The number of methoxy groups -OCH3 is 1. The van der Waals surface area contributed by atoms with E-state index in [9.17, 15) is 10.1 Å². The number of aromatic nitrogens is 4. The number of nitro benzene ring substituents is 1. The van der Waals surface area contributed by atoms with E-state index in [4.69, 9.17) is 4.74 Å². The minimum atomic E-state index is -0.379. The molecule has 1 saturated heterocycles. The number of anilines is 2. The lowest BCUT2D eigenvalue weighted by Gasteiger charge is -2.38. The van der Waals surface area contributed by atoms with Crippen LogP contribution in [0.15, 0.2) is 30.6 Å². The molecule has 0 N–H and O–H groups in total. The molecule has 28 heavy (non-hydrogen) atoms. The van der Waals surface area contributed by atoms with Crippen LogP contribution in [0.25, 0.3) is 5.78 Å². The first kappa shape index (κ1) is 18.1. The summed E-state index contributed by atoms with van der Waals surface area (Å²) < 4.78 is 7.01. The number of nitrogens with zero attached hydrogens (tertiary/aromatic N) is 7. The Morgan fingerprint density at radius 1 is 1.18 bits per heavy atom. The van der Waals surface area contributed by atoms with Crippen LogP contribution in [0.1, 0.15) is 11.3 Å². The summed E-state index contributed by atoms with van der Waals surface area (Å²) in [4.78, 5) is 23.8. The van der Waals surface area contributed by atoms with E-state index in [-0.39, 0.29) is 10.6 Å². The van der Waals surface area contributed by atoms with Gasteiger partial charge in [-0.2, -0.15) is 14.6 Å². The highest BCUT2D eigenvalue weighted by atomic mass is 16.6. The molecule has 4 rings (SSSR count). The van der Waals surface area contributed by atoms with Gasteiger partial charge in [-0.15, -0.1) is 0 Å². The highest BCUT2D eigenvalue weighted by Gasteiger charge is 2.23. The van der Waals surface area contributed by atoms with Gasteiger partial charge in [0, 0.05) is 68.4 Å². The Hall–Kier alpha value is -3.27. The lowest BCUT2D eigenvalue weighted by atomic mass is 10.1. The molecule has 10 heteroatoms. The Morgan fingerprint density at radius 2 is 1.93 bits per heavy atom. The van der Waals surface area contributed by atoms with Gasteiger partial charge in [0.2, 0.25) is 0 Å². The topological polar surface area (TPSA) is 102 Å². The van der Waals surface area contributed by atoms with Crippen LogP contribution in [0.5, 0.6) is 0 Å². The minimum absolute atomic E-state index is 0.0790. The van der Waals surface area contributed by atoms with Crippen LogP contribution in [0, 0.1) is 17.0 Å². The smallest absolute Gasteiger partial charge is 0.269 e. The molecule has 3 aromatic rings. The maximum atomic E-state index is 11.1. The van der Waals surface area contributed by atoms with Crippen LogP contribution >= 0.6 is 0 Å². The van der Waals surface area contributed by atoms with Gasteiger partial charge in [0.05, 0.1) is 11.5 Å². The molecule has 0 radical (unpaired) electrons.